The van der Waals surface area contributed by atoms with Crippen LogP contribution in [0.15, 0.2) is 12.1 Å². The molecule has 122 valence electrons. The van der Waals surface area contributed by atoms with Crippen molar-refractivity contribution in [2.75, 3.05) is 24.6 Å². The average Bonchev–Trinajstić information content (AvgIpc) is 2.45. The van der Waals surface area contributed by atoms with Gasteiger partial charge in [0.1, 0.15) is 5.69 Å². The van der Waals surface area contributed by atoms with Crippen molar-refractivity contribution >= 4 is 23.0 Å². The highest BCUT2D eigenvalue weighted by Crippen LogP contribution is 2.42. The number of benzene rings is 1. The van der Waals surface area contributed by atoms with Gasteiger partial charge in [-0.1, -0.05) is 11.6 Å². The fraction of sp³-hybridized carbons (Fsp3) is 0.538. The van der Waals surface area contributed by atoms with Crippen molar-refractivity contribution in [2.24, 2.45) is 5.92 Å². The van der Waals surface area contributed by atoms with Gasteiger partial charge in [-0.3, -0.25) is 10.1 Å². The predicted molar refractivity (Wildman–Crippen MR) is 75.1 cm³/mol. The lowest BCUT2D eigenvalue weighted by molar-refractivity contribution is -0.384. The smallest absolute Gasteiger partial charge is 0.396 e. The highest BCUT2D eigenvalue weighted by atomic mass is 35.5. The van der Waals surface area contributed by atoms with Crippen LogP contribution < -0.4 is 4.90 Å². The molecule has 0 radical (unpaired) electrons. The molecule has 1 aliphatic heterocycles. The Bertz CT molecular complexity index is 580. The normalized spacial score (nSPS) is 19.3. The van der Waals surface area contributed by atoms with E-state index in [0.717, 1.165) is 12.5 Å². The van der Waals surface area contributed by atoms with Gasteiger partial charge >= 0.3 is 6.18 Å². The van der Waals surface area contributed by atoms with Gasteiger partial charge in [-0.15, -0.1) is 0 Å². The number of rotatable bonds is 3. The number of halogens is 4. The maximum Gasteiger partial charge on any atom is 0.418 e. The van der Waals surface area contributed by atoms with E-state index in [2.05, 4.69) is 0 Å². The van der Waals surface area contributed by atoms with Crippen molar-refractivity contribution in [1.29, 1.82) is 0 Å². The summed E-state index contributed by atoms with van der Waals surface area (Å²) in [5, 5.41) is 19.8. The standard InChI is InChI=1S/C13H14ClF3N2O3/c14-10-5-11(18-3-1-2-8(6-18)7-20)12(19(21)22)4-9(10)13(15,16)17/h4-5,8,20H,1-3,6-7H2/t8-/m1/s1. The molecule has 0 saturated carbocycles. The van der Waals surface area contributed by atoms with Crippen molar-refractivity contribution < 1.29 is 23.2 Å². The van der Waals surface area contributed by atoms with Gasteiger partial charge in [0, 0.05) is 25.8 Å². The monoisotopic (exact) mass is 338 g/mol. The summed E-state index contributed by atoms with van der Waals surface area (Å²) in [6, 6.07) is 1.46. The van der Waals surface area contributed by atoms with Gasteiger partial charge in [-0.05, 0) is 24.8 Å². The van der Waals surface area contributed by atoms with Gasteiger partial charge in [-0.25, -0.2) is 0 Å². The van der Waals surface area contributed by atoms with Crippen LogP contribution in [0.4, 0.5) is 24.5 Å². The lowest BCUT2D eigenvalue weighted by Gasteiger charge is -2.33. The Morgan fingerprint density at radius 2 is 2.14 bits per heavy atom. The number of piperidine rings is 1. The van der Waals surface area contributed by atoms with Crippen LogP contribution in [0.25, 0.3) is 0 Å². The Morgan fingerprint density at radius 1 is 1.45 bits per heavy atom. The third kappa shape index (κ3) is 3.44. The summed E-state index contributed by atoms with van der Waals surface area (Å²) < 4.78 is 38.5. The van der Waals surface area contributed by atoms with Crippen molar-refractivity contribution in [3.8, 4) is 0 Å². The van der Waals surface area contributed by atoms with Crippen LogP contribution in [0.2, 0.25) is 5.02 Å². The van der Waals surface area contributed by atoms with E-state index in [1.807, 2.05) is 0 Å². The zero-order valence-electron chi connectivity index (χ0n) is 11.4. The SMILES string of the molecule is O=[N+]([O-])c1cc(C(F)(F)F)c(Cl)cc1N1CCC[C@@H](CO)C1. The molecule has 22 heavy (non-hydrogen) atoms. The maximum atomic E-state index is 12.8. The molecule has 0 aromatic heterocycles. The molecule has 1 fully saturated rings. The second kappa shape index (κ2) is 6.29. The van der Waals surface area contributed by atoms with Crippen LogP contribution in [0.3, 0.4) is 0 Å². The fourth-order valence-electron chi connectivity index (χ4n) is 2.60. The lowest BCUT2D eigenvalue weighted by atomic mass is 9.98. The van der Waals surface area contributed by atoms with Crippen LogP contribution in [-0.4, -0.2) is 29.7 Å². The van der Waals surface area contributed by atoms with Gasteiger partial charge in [0.05, 0.1) is 15.5 Å². The van der Waals surface area contributed by atoms with E-state index >= 15 is 0 Å². The van der Waals surface area contributed by atoms with E-state index in [1.54, 1.807) is 4.90 Å². The molecule has 1 saturated heterocycles. The predicted octanol–water partition coefficient (Wildman–Crippen LogP) is 3.48. The molecule has 2 rings (SSSR count). The molecule has 5 nitrogen and oxygen atoms in total. The fourth-order valence-corrected chi connectivity index (χ4v) is 2.87. The molecule has 1 N–H and O–H groups in total. The molecular weight excluding hydrogens is 325 g/mol. The first kappa shape index (κ1) is 16.8. The van der Waals surface area contributed by atoms with E-state index in [-0.39, 0.29) is 18.2 Å². The number of nitro groups is 1. The van der Waals surface area contributed by atoms with E-state index in [4.69, 9.17) is 11.6 Å². The van der Waals surface area contributed by atoms with Crippen LogP contribution in [0, 0.1) is 16.0 Å². The number of aliphatic hydroxyl groups is 1. The summed E-state index contributed by atoms with van der Waals surface area (Å²) in [6.45, 7) is 0.747. The Labute approximate surface area is 129 Å². The topological polar surface area (TPSA) is 66.6 Å². The molecule has 0 bridgehead atoms. The summed E-state index contributed by atoms with van der Waals surface area (Å²) in [5.41, 5.74) is -1.79. The molecule has 1 aromatic carbocycles. The average molecular weight is 339 g/mol. The summed E-state index contributed by atoms with van der Waals surface area (Å²) in [7, 11) is 0. The first-order valence-corrected chi connectivity index (χ1v) is 7.02. The second-order valence-corrected chi connectivity index (χ2v) is 5.62. The molecule has 1 heterocycles. The second-order valence-electron chi connectivity index (χ2n) is 5.21. The largest absolute Gasteiger partial charge is 0.418 e. The van der Waals surface area contributed by atoms with Crippen molar-refractivity contribution in [3.05, 3.63) is 32.8 Å². The summed E-state index contributed by atoms with van der Waals surface area (Å²) in [5.74, 6) is -0.0607. The molecule has 1 aliphatic rings. The van der Waals surface area contributed by atoms with E-state index in [9.17, 15) is 28.4 Å². The molecular formula is C13H14ClF3N2O3. The Kier molecular flexibility index (Phi) is 4.81. The lowest BCUT2D eigenvalue weighted by Crippen LogP contribution is -2.37. The number of nitrogens with zero attached hydrogens (tertiary/aromatic N) is 2. The molecule has 1 atom stereocenters. The van der Waals surface area contributed by atoms with E-state index in [0.29, 0.717) is 25.6 Å². The number of anilines is 1. The van der Waals surface area contributed by atoms with Crippen LogP contribution in [-0.2, 0) is 6.18 Å². The van der Waals surface area contributed by atoms with Gasteiger partial charge in [-0.2, -0.15) is 13.2 Å². The number of hydrogen-bond acceptors (Lipinski definition) is 4. The first-order valence-electron chi connectivity index (χ1n) is 6.65. The number of hydrogen-bond donors (Lipinski definition) is 1. The van der Waals surface area contributed by atoms with E-state index < -0.39 is 27.4 Å². The minimum absolute atomic E-state index is 0.0566. The minimum Gasteiger partial charge on any atom is -0.396 e. The third-order valence-corrected chi connectivity index (χ3v) is 4.00. The molecule has 1 aromatic rings. The number of aliphatic hydroxyl groups excluding tert-OH is 1. The van der Waals surface area contributed by atoms with Crippen LogP contribution >= 0.6 is 11.6 Å². The number of nitro benzene ring substituents is 1. The highest BCUT2D eigenvalue weighted by molar-refractivity contribution is 6.31. The van der Waals surface area contributed by atoms with Crippen LogP contribution in [0.5, 0.6) is 0 Å². The van der Waals surface area contributed by atoms with Crippen molar-refractivity contribution in [1.82, 2.24) is 0 Å². The van der Waals surface area contributed by atoms with Gasteiger partial charge in [0.2, 0.25) is 0 Å². The minimum atomic E-state index is -4.75. The summed E-state index contributed by atoms with van der Waals surface area (Å²) >= 11 is 5.66. The Balaban J connectivity index is 2.47. The quantitative estimate of drug-likeness (QED) is 0.677. The highest BCUT2D eigenvalue weighted by Gasteiger charge is 2.37. The molecule has 9 heteroatoms. The molecule has 0 amide bonds. The van der Waals surface area contributed by atoms with Gasteiger partial charge in [0.25, 0.3) is 5.69 Å². The summed E-state index contributed by atoms with van der Waals surface area (Å²) in [4.78, 5) is 11.9. The van der Waals surface area contributed by atoms with Crippen LogP contribution in [0.1, 0.15) is 18.4 Å². The van der Waals surface area contributed by atoms with Crippen molar-refractivity contribution in [2.45, 2.75) is 19.0 Å². The maximum absolute atomic E-state index is 12.8. The van der Waals surface area contributed by atoms with Crippen molar-refractivity contribution in [3.63, 3.8) is 0 Å². The molecule has 0 aliphatic carbocycles. The first-order chi connectivity index (χ1) is 10.2. The third-order valence-electron chi connectivity index (χ3n) is 3.68. The zero-order chi connectivity index (χ0) is 16.5. The van der Waals surface area contributed by atoms with Gasteiger partial charge in [0.15, 0.2) is 0 Å². The van der Waals surface area contributed by atoms with Gasteiger partial charge < -0.3 is 10.0 Å². The number of alkyl halides is 3. The van der Waals surface area contributed by atoms with E-state index in [1.165, 1.54) is 0 Å². The Hall–Kier alpha value is -1.54. The zero-order valence-corrected chi connectivity index (χ0v) is 12.2. The summed E-state index contributed by atoms with van der Waals surface area (Å²) in [6.07, 6.45) is -3.29. The Morgan fingerprint density at radius 3 is 2.68 bits per heavy atom. The molecule has 0 spiro atoms. The molecule has 0 unspecified atom stereocenters.